The number of thiazole rings is 1. The smallest absolute Gasteiger partial charge is 0.186 e. The third kappa shape index (κ3) is 2.52. The van der Waals surface area contributed by atoms with Crippen molar-refractivity contribution >= 4 is 16.5 Å². The summed E-state index contributed by atoms with van der Waals surface area (Å²) in [5.74, 6) is 0. The fraction of sp³-hybridized carbons (Fsp3) is 0.700. The highest BCUT2D eigenvalue weighted by atomic mass is 32.1. The molecule has 1 aliphatic rings. The Morgan fingerprint density at radius 1 is 1.50 bits per heavy atom. The zero-order valence-corrected chi connectivity index (χ0v) is 10.1. The molecule has 16 heavy (non-hydrogen) atoms. The molecule has 1 aromatic rings. The number of methoxy groups -OCH3 is 1. The Balaban J connectivity index is 2.14. The van der Waals surface area contributed by atoms with Gasteiger partial charge in [-0.15, -0.1) is 0 Å². The Morgan fingerprint density at radius 3 is 2.88 bits per heavy atom. The van der Waals surface area contributed by atoms with Crippen LogP contribution in [-0.2, 0) is 22.7 Å². The summed E-state index contributed by atoms with van der Waals surface area (Å²) in [6.45, 7) is 3.70. The molecule has 0 saturated carbocycles. The first kappa shape index (κ1) is 11.8. The number of morpholine rings is 1. The summed E-state index contributed by atoms with van der Waals surface area (Å²) in [5, 5.41) is 10.2. The van der Waals surface area contributed by atoms with Gasteiger partial charge in [0.2, 0.25) is 0 Å². The minimum absolute atomic E-state index is 0.0282. The predicted molar refractivity (Wildman–Crippen MR) is 61.8 cm³/mol. The van der Waals surface area contributed by atoms with Gasteiger partial charge in [-0.25, -0.2) is 4.98 Å². The molecule has 0 amide bonds. The van der Waals surface area contributed by atoms with E-state index in [0.717, 1.165) is 42.0 Å². The molecule has 0 bridgehead atoms. The third-order valence-corrected chi connectivity index (χ3v) is 3.61. The van der Waals surface area contributed by atoms with Crippen molar-refractivity contribution in [3.63, 3.8) is 0 Å². The van der Waals surface area contributed by atoms with Gasteiger partial charge < -0.3 is 19.5 Å². The second-order valence-electron chi connectivity index (χ2n) is 3.56. The normalized spacial score (nSPS) is 16.8. The maximum Gasteiger partial charge on any atom is 0.186 e. The van der Waals surface area contributed by atoms with Crippen LogP contribution in [-0.4, -0.2) is 43.5 Å². The van der Waals surface area contributed by atoms with E-state index in [1.54, 1.807) is 18.4 Å². The van der Waals surface area contributed by atoms with E-state index < -0.39 is 0 Å². The van der Waals surface area contributed by atoms with Crippen molar-refractivity contribution in [1.82, 2.24) is 4.98 Å². The summed E-state index contributed by atoms with van der Waals surface area (Å²) >= 11 is 1.59. The van der Waals surface area contributed by atoms with Crippen molar-refractivity contribution in [3.05, 3.63) is 10.6 Å². The minimum Gasteiger partial charge on any atom is -0.390 e. The van der Waals surface area contributed by atoms with Gasteiger partial charge >= 0.3 is 0 Å². The van der Waals surface area contributed by atoms with E-state index in [9.17, 15) is 5.11 Å². The lowest BCUT2D eigenvalue weighted by Gasteiger charge is -2.26. The van der Waals surface area contributed by atoms with Gasteiger partial charge in [-0.2, -0.15) is 0 Å². The molecule has 0 unspecified atom stereocenters. The van der Waals surface area contributed by atoms with Gasteiger partial charge in [-0.1, -0.05) is 11.3 Å². The molecule has 0 aliphatic carbocycles. The molecule has 0 atom stereocenters. The van der Waals surface area contributed by atoms with Gasteiger partial charge in [-0.05, 0) is 0 Å². The SMILES string of the molecule is COCc1sc(N2CCOCC2)nc1CO. The van der Waals surface area contributed by atoms with Crippen LogP contribution in [0.2, 0.25) is 0 Å². The number of ether oxygens (including phenoxy) is 2. The molecule has 2 rings (SSSR count). The van der Waals surface area contributed by atoms with Crippen LogP contribution in [0.3, 0.4) is 0 Å². The fourth-order valence-electron chi connectivity index (χ4n) is 1.63. The lowest BCUT2D eigenvalue weighted by Crippen LogP contribution is -2.36. The van der Waals surface area contributed by atoms with Gasteiger partial charge in [0.15, 0.2) is 5.13 Å². The van der Waals surface area contributed by atoms with E-state index in [0.29, 0.717) is 6.61 Å². The number of hydrogen-bond donors (Lipinski definition) is 1. The number of aliphatic hydroxyl groups is 1. The van der Waals surface area contributed by atoms with Gasteiger partial charge in [0.1, 0.15) is 0 Å². The van der Waals surface area contributed by atoms with Gasteiger partial charge in [0.05, 0.1) is 37.0 Å². The van der Waals surface area contributed by atoms with Crippen LogP contribution in [0.25, 0.3) is 0 Å². The summed E-state index contributed by atoms with van der Waals surface area (Å²) in [6.07, 6.45) is 0. The van der Waals surface area contributed by atoms with Crippen LogP contribution < -0.4 is 4.90 Å². The second kappa shape index (κ2) is 5.58. The Labute approximate surface area is 98.6 Å². The lowest BCUT2D eigenvalue weighted by atomic mass is 10.4. The van der Waals surface area contributed by atoms with Crippen molar-refractivity contribution in [1.29, 1.82) is 0 Å². The standard InChI is InChI=1S/C10H16N2O3S/c1-14-7-9-8(6-13)11-10(16-9)12-2-4-15-5-3-12/h13H,2-7H2,1H3. The number of rotatable bonds is 4. The molecule has 5 nitrogen and oxygen atoms in total. The lowest BCUT2D eigenvalue weighted by molar-refractivity contribution is 0.122. The first-order valence-electron chi connectivity index (χ1n) is 5.26. The molecule has 1 N–H and O–H groups in total. The van der Waals surface area contributed by atoms with Crippen molar-refractivity contribution in [3.8, 4) is 0 Å². The molecular formula is C10H16N2O3S. The third-order valence-electron chi connectivity index (χ3n) is 2.47. The summed E-state index contributed by atoms with van der Waals surface area (Å²) in [5.41, 5.74) is 0.730. The maximum atomic E-state index is 9.20. The van der Waals surface area contributed by atoms with E-state index in [1.165, 1.54) is 0 Å². The number of hydrogen-bond acceptors (Lipinski definition) is 6. The first-order chi connectivity index (χ1) is 7.85. The Morgan fingerprint density at radius 2 is 2.25 bits per heavy atom. The minimum atomic E-state index is -0.0282. The predicted octanol–water partition coefficient (Wildman–Crippen LogP) is 0.618. The molecule has 1 saturated heterocycles. The van der Waals surface area contributed by atoms with Crippen molar-refractivity contribution in [2.24, 2.45) is 0 Å². The van der Waals surface area contributed by atoms with Crippen LogP contribution >= 0.6 is 11.3 Å². The Kier molecular flexibility index (Phi) is 4.11. The average molecular weight is 244 g/mol. The van der Waals surface area contributed by atoms with E-state index in [-0.39, 0.29) is 6.61 Å². The first-order valence-corrected chi connectivity index (χ1v) is 6.08. The van der Waals surface area contributed by atoms with E-state index in [2.05, 4.69) is 9.88 Å². The highest BCUT2D eigenvalue weighted by Crippen LogP contribution is 2.27. The molecule has 0 spiro atoms. The summed E-state index contributed by atoms with van der Waals surface area (Å²) in [4.78, 5) is 7.62. The number of aromatic nitrogens is 1. The maximum absolute atomic E-state index is 9.20. The molecule has 2 heterocycles. The topological polar surface area (TPSA) is 54.8 Å². The van der Waals surface area contributed by atoms with Crippen molar-refractivity contribution in [2.75, 3.05) is 38.3 Å². The second-order valence-corrected chi connectivity index (χ2v) is 4.62. The molecule has 0 radical (unpaired) electrons. The number of aliphatic hydroxyl groups excluding tert-OH is 1. The van der Waals surface area contributed by atoms with E-state index >= 15 is 0 Å². The van der Waals surface area contributed by atoms with Crippen molar-refractivity contribution in [2.45, 2.75) is 13.2 Å². The van der Waals surface area contributed by atoms with Gasteiger partial charge in [0.25, 0.3) is 0 Å². The van der Waals surface area contributed by atoms with Crippen LogP contribution in [0, 0.1) is 0 Å². The summed E-state index contributed by atoms with van der Waals surface area (Å²) in [6, 6.07) is 0. The highest BCUT2D eigenvalue weighted by Gasteiger charge is 2.17. The zero-order valence-electron chi connectivity index (χ0n) is 9.31. The number of anilines is 1. The Hall–Kier alpha value is -0.690. The van der Waals surface area contributed by atoms with Crippen LogP contribution in [0.1, 0.15) is 10.6 Å². The molecule has 6 heteroatoms. The fourth-order valence-corrected chi connectivity index (χ4v) is 2.72. The van der Waals surface area contributed by atoms with Crippen LogP contribution in [0.4, 0.5) is 5.13 Å². The molecule has 0 aromatic carbocycles. The van der Waals surface area contributed by atoms with E-state index in [1.807, 2.05) is 0 Å². The Bertz CT molecular complexity index is 337. The van der Waals surface area contributed by atoms with Gasteiger partial charge in [-0.3, -0.25) is 0 Å². The molecular weight excluding hydrogens is 228 g/mol. The quantitative estimate of drug-likeness (QED) is 0.841. The van der Waals surface area contributed by atoms with E-state index in [4.69, 9.17) is 9.47 Å². The molecule has 1 fully saturated rings. The summed E-state index contributed by atoms with van der Waals surface area (Å²) < 4.78 is 10.4. The largest absolute Gasteiger partial charge is 0.390 e. The average Bonchev–Trinajstić information content (AvgIpc) is 2.74. The van der Waals surface area contributed by atoms with Gasteiger partial charge in [0, 0.05) is 20.2 Å². The van der Waals surface area contributed by atoms with Crippen LogP contribution in [0.5, 0.6) is 0 Å². The molecule has 90 valence electrons. The van der Waals surface area contributed by atoms with Crippen molar-refractivity contribution < 1.29 is 14.6 Å². The monoisotopic (exact) mass is 244 g/mol. The zero-order chi connectivity index (χ0) is 11.4. The highest BCUT2D eigenvalue weighted by molar-refractivity contribution is 7.15. The van der Waals surface area contributed by atoms with Crippen LogP contribution in [0.15, 0.2) is 0 Å². The molecule has 1 aliphatic heterocycles. The molecule has 1 aromatic heterocycles. The number of nitrogens with zero attached hydrogens (tertiary/aromatic N) is 2. The summed E-state index contributed by atoms with van der Waals surface area (Å²) in [7, 11) is 1.65.